The molecule has 1 unspecified atom stereocenters. The van der Waals surface area contributed by atoms with Gasteiger partial charge in [0.15, 0.2) is 0 Å². The summed E-state index contributed by atoms with van der Waals surface area (Å²) >= 11 is 10.9. The molecule has 94 valence electrons. The zero-order chi connectivity index (χ0) is 13.1. The first-order chi connectivity index (χ1) is 7.73. The summed E-state index contributed by atoms with van der Waals surface area (Å²) in [7, 11) is 0. The van der Waals surface area contributed by atoms with Gasteiger partial charge in [-0.1, -0.05) is 30.3 Å². The van der Waals surface area contributed by atoms with Crippen LogP contribution in [0.3, 0.4) is 0 Å². The van der Waals surface area contributed by atoms with Gasteiger partial charge in [0.25, 0.3) is 0 Å². The minimum Gasteiger partial charge on any atom is -0.279 e. The summed E-state index contributed by atoms with van der Waals surface area (Å²) in [6, 6.07) is 8.20. The number of carbonyl (C=O) groups is 1. The molecule has 1 nitrogen and oxygen atoms in total. The Balaban J connectivity index is 2.90. The standard InChI is InChI=1S/C11H9Cl2F3O/c12-9(17)10(13,7-11(14,15)16)6-8-4-2-1-3-5-8/h1-5H,6-7H2. The molecule has 0 radical (unpaired) electrons. The summed E-state index contributed by atoms with van der Waals surface area (Å²) < 4.78 is 37.0. The second kappa shape index (κ2) is 5.27. The van der Waals surface area contributed by atoms with Gasteiger partial charge in [-0.05, 0) is 17.2 Å². The van der Waals surface area contributed by atoms with Crippen molar-refractivity contribution in [2.24, 2.45) is 0 Å². The fraction of sp³-hybridized carbons (Fsp3) is 0.364. The predicted octanol–water partition coefficient (Wildman–Crippen LogP) is 3.92. The average Bonchev–Trinajstić information content (AvgIpc) is 2.15. The number of halogens is 5. The summed E-state index contributed by atoms with van der Waals surface area (Å²) in [6.45, 7) is 0. The van der Waals surface area contributed by atoms with E-state index in [4.69, 9.17) is 23.2 Å². The first-order valence-corrected chi connectivity index (χ1v) is 5.48. The Hall–Kier alpha value is -0.740. The first-order valence-electron chi connectivity index (χ1n) is 4.72. The highest BCUT2D eigenvalue weighted by atomic mass is 35.5. The van der Waals surface area contributed by atoms with Crippen LogP contribution in [0.1, 0.15) is 12.0 Å². The number of hydrogen-bond donors (Lipinski definition) is 0. The largest absolute Gasteiger partial charge is 0.391 e. The minimum atomic E-state index is -4.54. The van der Waals surface area contributed by atoms with Crippen molar-refractivity contribution in [3.63, 3.8) is 0 Å². The second-order valence-corrected chi connectivity index (χ2v) is 4.76. The van der Waals surface area contributed by atoms with Gasteiger partial charge in [0.1, 0.15) is 4.87 Å². The van der Waals surface area contributed by atoms with Crippen molar-refractivity contribution < 1.29 is 18.0 Å². The van der Waals surface area contributed by atoms with Crippen LogP contribution in [-0.4, -0.2) is 16.3 Å². The zero-order valence-corrected chi connectivity index (χ0v) is 10.1. The second-order valence-electron chi connectivity index (χ2n) is 3.69. The molecule has 0 aliphatic heterocycles. The average molecular weight is 285 g/mol. The van der Waals surface area contributed by atoms with Crippen molar-refractivity contribution in [2.45, 2.75) is 23.9 Å². The van der Waals surface area contributed by atoms with Crippen LogP contribution < -0.4 is 0 Å². The van der Waals surface area contributed by atoms with E-state index in [1.165, 1.54) is 0 Å². The van der Waals surface area contributed by atoms with Crippen LogP contribution in [0, 0.1) is 0 Å². The molecule has 0 heterocycles. The van der Waals surface area contributed by atoms with Crippen LogP contribution in [0.5, 0.6) is 0 Å². The lowest BCUT2D eigenvalue weighted by molar-refractivity contribution is -0.147. The van der Waals surface area contributed by atoms with Gasteiger partial charge in [0.05, 0.1) is 6.42 Å². The zero-order valence-electron chi connectivity index (χ0n) is 8.60. The molecule has 0 aromatic heterocycles. The molecule has 17 heavy (non-hydrogen) atoms. The molecule has 1 aromatic carbocycles. The lowest BCUT2D eigenvalue weighted by atomic mass is 9.96. The van der Waals surface area contributed by atoms with E-state index in [1.54, 1.807) is 30.3 Å². The Kier molecular flexibility index (Phi) is 4.44. The summed E-state index contributed by atoms with van der Waals surface area (Å²) in [5.74, 6) is 0. The van der Waals surface area contributed by atoms with Crippen molar-refractivity contribution in [3.8, 4) is 0 Å². The number of carbonyl (C=O) groups excluding carboxylic acids is 1. The molecule has 6 heteroatoms. The van der Waals surface area contributed by atoms with Crippen LogP contribution in [-0.2, 0) is 11.2 Å². The Labute approximate surface area is 107 Å². The molecular weight excluding hydrogens is 276 g/mol. The van der Waals surface area contributed by atoms with Crippen LogP contribution in [0.4, 0.5) is 13.2 Å². The van der Waals surface area contributed by atoms with E-state index >= 15 is 0 Å². The maximum Gasteiger partial charge on any atom is 0.391 e. The lowest BCUT2D eigenvalue weighted by Gasteiger charge is -2.24. The first kappa shape index (κ1) is 14.3. The molecule has 0 aliphatic rings. The van der Waals surface area contributed by atoms with E-state index in [0.717, 1.165) is 0 Å². The normalized spacial score (nSPS) is 15.4. The maximum absolute atomic E-state index is 12.3. The summed E-state index contributed by atoms with van der Waals surface area (Å²) in [4.78, 5) is 8.94. The van der Waals surface area contributed by atoms with Crippen molar-refractivity contribution in [2.75, 3.05) is 0 Å². The van der Waals surface area contributed by atoms with Crippen molar-refractivity contribution in [1.29, 1.82) is 0 Å². The fourth-order valence-electron chi connectivity index (χ4n) is 1.44. The smallest absolute Gasteiger partial charge is 0.279 e. The Morgan fingerprint density at radius 1 is 1.18 bits per heavy atom. The van der Waals surface area contributed by atoms with E-state index < -0.39 is 22.7 Å². The van der Waals surface area contributed by atoms with Crippen molar-refractivity contribution in [3.05, 3.63) is 35.9 Å². The van der Waals surface area contributed by atoms with Crippen LogP contribution >= 0.6 is 23.2 Å². The molecule has 0 spiro atoms. The third-order valence-electron chi connectivity index (χ3n) is 2.16. The molecule has 1 atom stereocenters. The molecule has 0 saturated carbocycles. The quantitative estimate of drug-likeness (QED) is 0.605. The maximum atomic E-state index is 12.3. The Morgan fingerprint density at radius 2 is 1.71 bits per heavy atom. The molecule has 0 amide bonds. The highest BCUT2D eigenvalue weighted by Crippen LogP contribution is 2.36. The van der Waals surface area contributed by atoms with Crippen LogP contribution in [0.2, 0.25) is 0 Å². The fourth-order valence-corrected chi connectivity index (χ4v) is 1.88. The topological polar surface area (TPSA) is 17.1 Å². The third-order valence-corrected chi connectivity index (χ3v) is 3.06. The molecule has 1 aromatic rings. The molecular formula is C11H9Cl2F3O. The molecule has 0 saturated heterocycles. The van der Waals surface area contributed by atoms with Gasteiger partial charge in [-0.25, -0.2) is 0 Å². The highest BCUT2D eigenvalue weighted by Gasteiger charge is 2.45. The molecule has 1 rings (SSSR count). The van der Waals surface area contributed by atoms with Gasteiger partial charge in [0, 0.05) is 6.42 Å². The number of hydrogen-bond acceptors (Lipinski definition) is 1. The van der Waals surface area contributed by atoms with Gasteiger partial charge >= 0.3 is 6.18 Å². The van der Waals surface area contributed by atoms with E-state index in [2.05, 4.69) is 0 Å². The monoisotopic (exact) mass is 284 g/mol. The van der Waals surface area contributed by atoms with E-state index in [1.807, 2.05) is 0 Å². The summed E-state index contributed by atoms with van der Waals surface area (Å²) in [5, 5.41) is -1.19. The van der Waals surface area contributed by atoms with Crippen LogP contribution in [0.25, 0.3) is 0 Å². The van der Waals surface area contributed by atoms with E-state index in [0.29, 0.717) is 5.56 Å². The molecule has 0 fully saturated rings. The number of rotatable bonds is 4. The Bertz CT molecular complexity index is 391. The Morgan fingerprint density at radius 3 is 2.12 bits per heavy atom. The lowest BCUT2D eigenvalue weighted by Crippen LogP contribution is -2.37. The van der Waals surface area contributed by atoms with Gasteiger partial charge in [-0.2, -0.15) is 13.2 Å². The predicted molar refractivity (Wildman–Crippen MR) is 60.3 cm³/mol. The van der Waals surface area contributed by atoms with Gasteiger partial charge < -0.3 is 0 Å². The highest BCUT2D eigenvalue weighted by molar-refractivity contribution is 6.70. The molecule has 0 bridgehead atoms. The van der Waals surface area contributed by atoms with Gasteiger partial charge in [-0.3, -0.25) is 4.79 Å². The SMILES string of the molecule is O=C(Cl)C(Cl)(Cc1ccccc1)CC(F)(F)F. The minimum absolute atomic E-state index is 0.253. The number of benzene rings is 1. The third kappa shape index (κ3) is 4.56. The summed E-state index contributed by atoms with van der Waals surface area (Å²) in [5.41, 5.74) is 0.528. The molecule has 0 N–H and O–H groups in total. The van der Waals surface area contributed by atoms with Crippen molar-refractivity contribution >= 4 is 28.4 Å². The van der Waals surface area contributed by atoms with Crippen molar-refractivity contribution in [1.82, 2.24) is 0 Å². The summed E-state index contributed by atoms with van der Waals surface area (Å²) in [6.07, 6.45) is -6.24. The molecule has 0 aliphatic carbocycles. The van der Waals surface area contributed by atoms with Gasteiger partial charge in [-0.15, -0.1) is 11.6 Å². The van der Waals surface area contributed by atoms with Gasteiger partial charge in [0.2, 0.25) is 5.24 Å². The van der Waals surface area contributed by atoms with E-state index in [-0.39, 0.29) is 6.42 Å². The number of alkyl halides is 4. The van der Waals surface area contributed by atoms with Crippen LogP contribution in [0.15, 0.2) is 30.3 Å². The van der Waals surface area contributed by atoms with E-state index in [9.17, 15) is 18.0 Å².